The minimum Gasteiger partial charge on any atom is -0.478 e. The van der Waals surface area contributed by atoms with E-state index < -0.39 is 5.97 Å². The van der Waals surface area contributed by atoms with Gasteiger partial charge in [0.15, 0.2) is 0 Å². The van der Waals surface area contributed by atoms with Crippen molar-refractivity contribution in [2.75, 3.05) is 0 Å². The molecule has 0 aliphatic carbocycles. The van der Waals surface area contributed by atoms with Crippen molar-refractivity contribution >= 4 is 5.97 Å². The highest BCUT2D eigenvalue weighted by atomic mass is 16.4. The highest BCUT2D eigenvalue weighted by molar-refractivity contribution is 5.90. The van der Waals surface area contributed by atoms with Gasteiger partial charge in [-0.3, -0.25) is 9.97 Å². The van der Waals surface area contributed by atoms with Crippen molar-refractivity contribution in [3.8, 4) is 11.1 Å². The van der Waals surface area contributed by atoms with Gasteiger partial charge in [-0.15, -0.1) is 0 Å². The standard InChI is InChI=1S/C13H12N2O2/c1-8-3-4-10(6-14-8)11-5-12(13(16)17)9(2)15-7-11/h3-7H,1-2H3,(H,16,17). The van der Waals surface area contributed by atoms with Crippen LogP contribution in [0.25, 0.3) is 11.1 Å². The van der Waals surface area contributed by atoms with Gasteiger partial charge in [0.05, 0.1) is 11.3 Å². The van der Waals surface area contributed by atoms with Crippen molar-refractivity contribution in [2.45, 2.75) is 13.8 Å². The Labute approximate surface area is 99.0 Å². The number of aryl methyl sites for hydroxylation is 2. The van der Waals surface area contributed by atoms with Gasteiger partial charge >= 0.3 is 5.97 Å². The Balaban J connectivity index is 2.50. The Kier molecular flexibility index (Phi) is 2.87. The van der Waals surface area contributed by atoms with Crippen LogP contribution in [0.5, 0.6) is 0 Å². The van der Waals surface area contributed by atoms with E-state index in [0.29, 0.717) is 5.69 Å². The SMILES string of the molecule is Cc1ccc(-c2cnc(C)c(C(=O)O)c2)cn1. The van der Waals surface area contributed by atoms with Gasteiger partial charge in [0.25, 0.3) is 0 Å². The van der Waals surface area contributed by atoms with Gasteiger partial charge < -0.3 is 5.11 Å². The number of carboxylic acid groups (broad SMARTS) is 1. The first-order valence-corrected chi connectivity index (χ1v) is 5.21. The van der Waals surface area contributed by atoms with Crippen LogP contribution in [-0.2, 0) is 0 Å². The maximum Gasteiger partial charge on any atom is 0.337 e. The summed E-state index contributed by atoms with van der Waals surface area (Å²) in [6, 6.07) is 5.41. The number of aromatic carboxylic acids is 1. The van der Waals surface area contributed by atoms with E-state index in [1.165, 1.54) is 0 Å². The molecule has 0 saturated carbocycles. The zero-order valence-corrected chi connectivity index (χ0v) is 9.64. The Bertz CT molecular complexity index is 562. The molecule has 0 aromatic carbocycles. The summed E-state index contributed by atoms with van der Waals surface area (Å²) in [5.74, 6) is -0.961. The second-order valence-corrected chi connectivity index (χ2v) is 3.85. The summed E-state index contributed by atoms with van der Waals surface area (Å²) < 4.78 is 0. The van der Waals surface area contributed by atoms with E-state index in [-0.39, 0.29) is 5.56 Å². The second kappa shape index (κ2) is 4.33. The fourth-order valence-electron chi connectivity index (χ4n) is 1.55. The fourth-order valence-corrected chi connectivity index (χ4v) is 1.55. The lowest BCUT2D eigenvalue weighted by Gasteiger charge is -2.05. The number of carbonyl (C=O) groups is 1. The number of rotatable bonds is 2. The number of hydrogen-bond acceptors (Lipinski definition) is 3. The molecule has 0 unspecified atom stereocenters. The molecule has 17 heavy (non-hydrogen) atoms. The molecule has 2 rings (SSSR count). The fraction of sp³-hybridized carbons (Fsp3) is 0.154. The number of hydrogen-bond donors (Lipinski definition) is 1. The van der Waals surface area contributed by atoms with Gasteiger partial charge in [-0.25, -0.2) is 4.79 Å². The molecule has 1 N–H and O–H groups in total. The third-order valence-electron chi connectivity index (χ3n) is 2.56. The first-order chi connectivity index (χ1) is 8.08. The highest BCUT2D eigenvalue weighted by Gasteiger charge is 2.10. The predicted octanol–water partition coefficient (Wildman–Crippen LogP) is 2.46. The van der Waals surface area contributed by atoms with E-state index in [9.17, 15) is 4.79 Å². The highest BCUT2D eigenvalue weighted by Crippen LogP contribution is 2.20. The molecule has 0 radical (unpaired) electrons. The molecule has 0 amide bonds. The summed E-state index contributed by atoms with van der Waals surface area (Å²) in [6.45, 7) is 3.58. The summed E-state index contributed by atoms with van der Waals surface area (Å²) >= 11 is 0. The van der Waals surface area contributed by atoms with Crippen molar-refractivity contribution in [1.82, 2.24) is 9.97 Å². The van der Waals surface area contributed by atoms with Crippen LogP contribution in [0.15, 0.2) is 30.6 Å². The zero-order chi connectivity index (χ0) is 12.4. The van der Waals surface area contributed by atoms with E-state index in [4.69, 9.17) is 5.11 Å². The molecule has 0 atom stereocenters. The molecule has 4 nitrogen and oxygen atoms in total. The molecular formula is C13H12N2O2. The van der Waals surface area contributed by atoms with Crippen LogP contribution in [0.4, 0.5) is 0 Å². The Morgan fingerprint density at radius 3 is 2.41 bits per heavy atom. The summed E-state index contributed by atoms with van der Waals surface area (Å²) in [5.41, 5.74) is 3.29. The molecule has 2 aromatic heterocycles. The summed E-state index contributed by atoms with van der Waals surface area (Å²) in [4.78, 5) is 19.3. The Morgan fingerprint density at radius 2 is 1.82 bits per heavy atom. The van der Waals surface area contributed by atoms with Crippen molar-refractivity contribution in [1.29, 1.82) is 0 Å². The minimum atomic E-state index is -0.961. The maximum atomic E-state index is 11.0. The number of aromatic nitrogens is 2. The monoisotopic (exact) mass is 228 g/mol. The Hall–Kier alpha value is -2.23. The lowest BCUT2D eigenvalue weighted by Crippen LogP contribution is -2.02. The van der Waals surface area contributed by atoms with Crippen LogP contribution in [0.2, 0.25) is 0 Å². The third-order valence-corrected chi connectivity index (χ3v) is 2.56. The Morgan fingerprint density at radius 1 is 1.12 bits per heavy atom. The maximum absolute atomic E-state index is 11.0. The summed E-state index contributed by atoms with van der Waals surface area (Å²) in [5, 5.41) is 9.03. The molecule has 0 bridgehead atoms. The van der Waals surface area contributed by atoms with E-state index in [2.05, 4.69) is 9.97 Å². The zero-order valence-electron chi connectivity index (χ0n) is 9.64. The molecule has 2 heterocycles. The molecule has 0 aliphatic rings. The van der Waals surface area contributed by atoms with Gasteiger partial charge in [-0.1, -0.05) is 6.07 Å². The van der Waals surface area contributed by atoms with Gasteiger partial charge in [0.1, 0.15) is 0 Å². The third kappa shape index (κ3) is 2.30. The van der Waals surface area contributed by atoms with Crippen molar-refractivity contribution < 1.29 is 9.90 Å². The minimum absolute atomic E-state index is 0.225. The summed E-state index contributed by atoms with van der Waals surface area (Å²) in [7, 11) is 0. The molecule has 0 aliphatic heterocycles. The number of pyridine rings is 2. The topological polar surface area (TPSA) is 63.1 Å². The van der Waals surface area contributed by atoms with Crippen molar-refractivity contribution in [3.05, 3.63) is 47.5 Å². The van der Waals surface area contributed by atoms with E-state index in [1.54, 1.807) is 25.4 Å². The second-order valence-electron chi connectivity index (χ2n) is 3.85. The smallest absolute Gasteiger partial charge is 0.337 e. The van der Waals surface area contributed by atoms with Crippen LogP contribution in [0.3, 0.4) is 0 Å². The quantitative estimate of drug-likeness (QED) is 0.857. The van der Waals surface area contributed by atoms with Crippen LogP contribution in [-0.4, -0.2) is 21.0 Å². The van der Waals surface area contributed by atoms with E-state index >= 15 is 0 Å². The van der Waals surface area contributed by atoms with Crippen molar-refractivity contribution in [2.24, 2.45) is 0 Å². The largest absolute Gasteiger partial charge is 0.478 e. The van der Waals surface area contributed by atoms with Gasteiger partial charge in [-0.2, -0.15) is 0 Å². The van der Waals surface area contributed by atoms with Crippen molar-refractivity contribution in [3.63, 3.8) is 0 Å². The van der Waals surface area contributed by atoms with E-state index in [0.717, 1.165) is 16.8 Å². The van der Waals surface area contributed by atoms with E-state index in [1.807, 2.05) is 19.1 Å². The molecular weight excluding hydrogens is 216 g/mol. The summed E-state index contributed by atoms with van der Waals surface area (Å²) in [6.07, 6.45) is 3.38. The van der Waals surface area contributed by atoms with Crippen LogP contribution >= 0.6 is 0 Å². The normalized spacial score (nSPS) is 10.2. The first kappa shape index (κ1) is 11.3. The van der Waals surface area contributed by atoms with Gasteiger partial charge in [-0.05, 0) is 26.0 Å². The van der Waals surface area contributed by atoms with Crippen LogP contribution < -0.4 is 0 Å². The molecule has 2 aromatic rings. The lowest BCUT2D eigenvalue weighted by atomic mass is 10.1. The molecule has 0 spiro atoms. The van der Waals surface area contributed by atoms with Gasteiger partial charge in [0.2, 0.25) is 0 Å². The number of carboxylic acids is 1. The van der Waals surface area contributed by atoms with Crippen LogP contribution in [0.1, 0.15) is 21.7 Å². The predicted molar refractivity (Wildman–Crippen MR) is 63.9 cm³/mol. The van der Waals surface area contributed by atoms with Gasteiger partial charge in [0, 0.05) is 29.2 Å². The number of nitrogens with zero attached hydrogens (tertiary/aromatic N) is 2. The van der Waals surface area contributed by atoms with Crippen LogP contribution in [0, 0.1) is 13.8 Å². The average Bonchev–Trinajstić information content (AvgIpc) is 2.30. The molecule has 0 saturated heterocycles. The molecule has 86 valence electrons. The lowest BCUT2D eigenvalue weighted by molar-refractivity contribution is 0.0695. The average molecular weight is 228 g/mol. The molecule has 0 fully saturated rings. The molecule has 4 heteroatoms. The first-order valence-electron chi connectivity index (χ1n) is 5.21.